The molecule has 3 aromatic carbocycles. The summed E-state index contributed by atoms with van der Waals surface area (Å²) in [5, 5.41) is 18.9. The van der Waals surface area contributed by atoms with Crippen LogP contribution in [0.15, 0.2) is 59.5 Å². The van der Waals surface area contributed by atoms with Gasteiger partial charge in [0, 0.05) is 19.5 Å². The lowest BCUT2D eigenvalue weighted by Gasteiger charge is -2.42. The van der Waals surface area contributed by atoms with Crippen molar-refractivity contribution in [2.24, 2.45) is 12.5 Å². The summed E-state index contributed by atoms with van der Waals surface area (Å²) in [6.07, 6.45) is 0.492. The molecule has 1 aromatic heterocycles. The first-order valence-corrected chi connectivity index (χ1v) is 15.3. The van der Waals surface area contributed by atoms with Crippen molar-refractivity contribution in [2.75, 3.05) is 6.54 Å². The molecule has 0 saturated heterocycles. The minimum Gasteiger partial charge on any atom is -0.487 e. The Labute approximate surface area is 242 Å². The van der Waals surface area contributed by atoms with Crippen LogP contribution in [0.25, 0.3) is 11.0 Å². The molecule has 0 amide bonds. The summed E-state index contributed by atoms with van der Waals surface area (Å²) in [6.45, 7) is 10.0. The molecular weight excluding hydrogens is 540 g/mol. The Morgan fingerprint density at radius 2 is 1.88 bits per heavy atom. The zero-order chi connectivity index (χ0) is 29.7. The number of para-hydroxylation sites is 1. The summed E-state index contributed by atoms with van der Waals surface area (Å²) < 4.78 is 32.6. The highest BCUT2D eigenvalue weighted by Gasteiger charge is 2.41. The fraction of sp³-hybridized carbons (Fsp3) is 0.387. The van der Waals surface area contributed by atoms with Gasteiger partial charge in [0.25, 0.3) is 0 Å². The zero-order valence-electron chi connectivity index (χ0n) is 24.3. The molecule has 41 heavy (non-hydrogen) atoms. The number of aryl methyl sites for hydroxylation is 3. The molecule has 0 radical (unpaired) electrons. The number of fused-ring (bicyclic) bond motifs is 2. The molecule has 4 aromatic rings. The third kappa shape index (κ3) is 5.10. The summed E-state index contributed by atoms with van der Waals surface area (Å²) in [6, 6.07) is 17.0. The molecular formula is C31H38N4O5S. The van der Waals surface area contributed by atoms with Gasteiger partial charge in [-0.2, -0.15) is 4.31 Å². The molecule has 0 saturated carbocycles. The molecule has 5 rings (SSSR count). The molecule has 0 fully saturated rings. The summed E-state index contributed by atoms with van der Waals surface area (Å²) in [7, 11) is -1.50. The van der Waals surface area contributed by atoms with Crippen molar-refractivity contribution in [1.29, 1.82) is 0 Å². The Morgan fingerprint density at radius 1 is 1.15 bits per heavy atom. The number of hydrogen-bond donors (Lipinski definition) is 3. The van der Waals surface area contributed by atoms with E-state index in [1.54, 1.807) is 41.0 Å². The molecule has 9 nitrogen and oxygen atoms in total. The Morgan fingerprint density at radius 3 is 2.59 bits per heavy atom. The van der Waals surface area contributed by atoms with E-state index in [2.05, 4.69) is 10.3 Å². The van der Waals surface area contributed by atoms with Crippen molar-refractivity contribution in [3.63, 3.8) is 0 Å². The number of carbonyl (C=O) groups is 1. The van der Waals surface area contributed by atoms with E-state index in [1.807, 2.05) is 64.2 Å². The van der Waals surface area contributed by atoms with Gasteiger partial charge in [-0.25, -0.2) is 4.68 Å². The molecule has 1 unspecified atom stereocenters. The van der Waals surface area contributed by atoms with E-state index in [9.17, 15) is 19.0 Å². The maximum Gasteiger partial charge on any atom is 0.310 e. The summed E-state index contributed by atoms with van der Waals surface area (Å²) in [4.78, 5) is 13.0. The van der Waals surface area contributed by atoms with Crippen LogP contribution in [0.2, 0.25) is 0 Å². The highest BCUT2D eigenvalue weighted by atomic mass is 32.3. The van der Waals surface area contributed by atoms with Gasteiger partial charge in [0.15, 0.2) is 0 Å². The Balaban J connectivity index is 1.61. The maximum absolute atomic E-state index is 12.6. The largest absolute Gasteiger partial charge is 0.487 e. The first kappa shape index (κ1) is 29.1. The van der Waals surface area contributed by atoms with Crippen LogP contribution in [0, 0.1) is 19.3 Å². The lowest BCUT2D eigenvalue weighted by atomic mass is 9.69. The lowest BCUT2D eigenvalue weighted by Crippen LogP contribution is -2.35. The van der Waals surface area contributed by atoms with E-state index >= 15 is 0 Å². The number of benzene rings is 3. The second kappa shape index (κ2) is 10.8. The molecule has 2 heterocycles. The number of aliphatic carboxylic acids is 1. The van der Waals surface area contributed by atoms with Gasteiger partial charge in [0.2, 0.25) is 0 Å². The van der Waals surface area contributed by atoms with Crippen molar-refractivity contribution < 1.29 is 23.7 Å². The van der Waals surface area contributed by atoms with Crippen LogP contribution in [0.3, 0.4) is 0 Å². The molecule has 0 aliphatic carbocycles. The van der Waals surface area contributed by atoms with E-state index in [0.29, 0.717) is 23.6 Å². The van der Waals surface area contributed by atoms with Crippen molar-refractivity contribution in [1.82, 2.24) is 19.3 Å². The van der Waals surface area contributed by atoms with E-state index in [4.69, 9.17) is 4.74 Å². The summed E-state index contributed by atoms with van der Waals surface area (Å²) in [5.41, 5.74) is 4.92. The van der Waals surface area contributed by atoms with Gasteiger partial charge in [-0.15, -0.1) is 15.9 Å². The van der Waals surface area contributed by atoms with Gasteiger partial charge in [0.05, 0.1) is 17.5 Å². The first-order valence-electron chi connectivity index (χ1n) is 13.8. The van der Waals surface area contributed by atoms with Gasteiger partial charge < -0.3 is 9.84 Å². The topological polar surface area (TPSA) is 121 Å². The molecule has 0 bridgehead atoms. The Bertz CT molecular complexity index is 1620. The van der Waals surface area contributed by atoms with E-state index < -0.39 is 28.1 Å². The quantitative estimate of drug-likeness (QED) is 0.226. The molecule has 3 N–H and O–H groups in total. The number of carboxylic acids is 1. The van der Waals surface area contributed by atoms with Crippen LogP contribution in [0.4, 0.5) is 0 Å². The third-order valence-electron chi connectivity index (χ3n) is 8.38. The van der Waals surface area contributed by atoms with E-state index in [0.717, 1.165) is 38.9 Å². The molecule has 1 aliphatic rings. The smallest absolute Gasteiger partial charge is 0.310 e. The van der Waals surface area contributed by atoms with Gasteiger partial charge in [0.1, 0.15) is 22.3 Å². The van der Waals surface area contributed by atoms with Crippen LogP contribution in [-0.2, 0) is 18.4 Å². The predicted octanol–water partition coefficient (Wildman–Crippen LogP) is 6.53. The number of nitrogens with zero attached hydrogens (tertiary/aromatic N) is 4. The minimum absolute atomic E-state index is 0.214. The number of rotatable bonds is 7. The normalized spacial score (nSPS) is 18.8. The molecule has 0 spiro atoms. The average molecular weight is 579 g/mol. The number of ether oxygens (including phenoxy) is 1. The molecule has 2 atom stereocenters. The Kier molecular flexibility index (Phi) is 7.63. The highest BCUT2D eigenvalue weighted by Crippen LogP contribution is 2.57. The minimum atomic E-state index is -3.34. The first-order chi connectivity index (χ1) is 19.4. The van der Waals surface area contributed by atoms with Crippen molar-refractivity contribution in [2.45, 2.75) is 64.5 Å². The number of carboxylic acid groups (broad SMARTS) is 1. The van der Waals surface area contributed by atoms with Crippen LogP contribution in [-0.4, -0.2) is 52.1 Å². The van der Waals surface area contributed by atoms with Crippen LogP contribution in [0.5, 0.6) is 5.75 Å². The SMILES string of the molecule is CC[C@@H]1CN(Cc2cc(C(c3ccc4c(nnn4C)c3C)C(C)(C)C(=O)O)ccc2C)S(O)(O)c2ccccc2O1. The van der Waals surface area contributed by atoms with Gasteiger partial charge >= 0.3 is 5.97 Å². The third-order valence-corrected chi connectivity index (χ3v) is 10.3. The predicted molar refractivity (Wildman–Crippen MR) is 160 cm³/mol. The standard InChI is InChI=1S/C31H38N4O5S/c1-7-23-18-35(41(38,39)27-11-9-8-10-26(27)40-23)17-22-16-21(13-12-19(22)2)28(31(4,5)30(36)37)24-14-15-25-29(20(24)3)32-33-34(25)6/h8-16,23,28,38-39H,7,17-18H2,1-6H3,(H,36,37)/t23-,28?/m1/s1. The van der Waals surface area contributed by atoms with Crippen LogP contribution in [0.1, 0.15) is 60.9 Å². The monoisotopic (exact) mass is 578 g/mol. The molecule has 218 valence electrons. The molecule has 1 aliphatic heterocycles. The van der Waals surface area contributed by atoms with E-state index in [1.165, 1.54) is 0 Å². The number of aromatic nitrogens is 3. The second-order valence-electron chi connectivity index (χ2n) is 11.4. The number of hydrogen-bond acceptors (Lipinski definition) is 7. The zero-order valence-corrected chi connectivity index (χ0v) is 25.1. The van der Waals surface area contributed by atoms with Crippen molar-refractivity contribution >= 4 is 27.8 Å². The lowest BCUT2D eigenvalue weighted by molar-refractivity contribution is -0.147. The highest BCUT2D eigenvalue weighted by molar-refractivity contribution is 8.22. The van der Waals surface area contributed by atoms with Gasteiger partial charge in [-0.05, 0) is 80.1 Å². The molecule has 10 heteroatoms. The van der Waals surface area contributed by atoms with Gasteiger partial charge in [-0.3, -0.25) is 13.9 Å². The summed E-state index contributed by atoms with van der Waals surface area (Å²) >= 11 is 0. The van der Waals surface area contributed by atoms with Gasteiger partial charge in [-0.1, -0.05) is 48.5 Å². The van der Waals surface area contributed by atoms with Crippen LogP contribution >= 0.6 is 10.8 Å². The van der Waals surface area contributed by atoms with Crippen molar-refractivity contribution in [3.8, 4) is 5.75 Å². The maximum atomic E-state index is 12.6. The Hall–Kier alpha value is -3.44. The van der Waals surface area contributed by atoms with E-state index in [-0.39, 0.29) is 12.6 Å². The fourth-order valence-electron chi connectivity index (χ4n) is 5.73. The summed E-state index contributed by atoms with van der Waals surface area (Å²) in [5.74, 6) is -0.919. The van der Waals surface area contributed by atoms with Crippen molar-refractivity contribution in [3.05, 3.63) is 82.4 Å². The average Bonchev–Trinajstić information content (AvgIpc) is 3.27. The fourth-order valence-corrected chi connectivity index (χ4v) is 7.35. The second-order valence-corrected chi connectivity index (χ2v) is 13.4. The van der Waals surface area contributed by atoms with Crippen LogP contribution < -0.4 is 4.74 Å².